The van der Waals surface area contributed by atoms with Crippen LogP contribution in [-0.4, -0.2) is 29.1 Å². The van der Waals surface area contributed by atoms with Gasteiger partial charge in [0.2, 0.25) is 11.8 Å². The molecule has 22 heavy (non-hydrogen) atoms. The number of carbonyl (C=O) groups is 2. The van der Waals surface area contributed by atoms with Crippen molar-refractivity contribution in [1.29, 1.82) is 0 Å². The molecule has 1 fully saturated rings. The highest BCUT2D eigenvalue weighted by molar-refractivity contribution is 5.86. The van der Waals surface area contributed by atoms with Crippen molar-refractivity contribution in [2.75, 3.05) is 0 Å². The van der Waals surface area contributed by atoms with Gasteiger partial charge in [0.25, 0.3) is 0 Å². The van der Waals surface area contributed by atoms with Gasteiger partial charge in [0.15, 0.2) is 0 Å². The van der Waals surface area contributed by atoms with Gasteiger partial charge < -0.3 is 21.1 Å². The van der Waals surface area contributed by atoms with Gasteiger partial charge in [-0.2, -0.15) is 0 Å². The van der Waals surface area contributed by atoms with Crippen molar-refractivity contribution in [3.8, 4) is 5.88 Å². The average molecular weight is 306 g/mol. The van der Waals surface area contributed by atoms with E-state index in [0.29, 0.717) is 12.4 Å². The van der Waals surface area contributed by atoms with E-state index in [1.807, 2.05) is 12.1 Å². The van der Waals surface area contributed by atoms with Crippen LogP contribution in [0.5, 0.6) is 5.88 Å². The lowest BCUT2D eigenvalue weighted by molar-refractivity contribution is -0.122. The molecular formula is C15H22N4O3. The fourth-order valence-electron chi connectivity index (χ4n) is 2.42. The largest absolute Gasteiger partial charge is 0.474 e. The minimum atomic E-state index is -0.723. The molecule has 1 atom stereocenters. The summed E-state index contributed by atoms with van der Waals surface area (Å²) in [7, 11) is 0. The van der Waals surface area contributed by atoms with Crippen molar-refractivity contribution in [3.05, 3.63) is 23.9 Å². The predicted molar refractivity (Wildman–Crippen MR) is 81.1 cm³/mol. The number of nitrogens with one attached hydrogen (secondary N) is 2. The third kappa shape index (κ3) is 4.91. The second-order valence-electron chi connectivity index (χ2n) is 5.47. The molecule has 0 saturated heterocycles. The van der Waals surface area contributed by atoms with Crippen LogP contribution in [-0.2, 0) is 11.3 Å². The Morgan fingerprint density at radius 1 is 1.45 bits per heavy atom. The molecule has 0 unspecified atom stereocenters. The van der Waals surface area contributed by atoms with E-state index in [0.717, 1.165) is 18.4 Å². The van der Waals surface area contributed by atoms with Gasteiger partial charge in [0.1, 0.15) is 12.1 Å². The number of hydrogen-bond donors (Lipinski definition) is 3. The van der Waals surface area contributed by atoms with E-state index in [-0.39, 0.29) is 12.0 Å². The van der Waals surface area contributed by atoms with Crippen molar-refractivity contribution in [2.45, 2.75) is 51.3 Å². The molecule has 0 spiro atoms. The zero-order valence-electron chi connectivity index (χ0n) is 12.7. The summed E-state index contributed by atoms with van der Waals surface area (Å²) in [6.45, 7) is 1.91. The number of primary amides is 1. The number of hydrogen-bond acceptors (Lipinski definition) is 4. The summed E-state index contributed by atoms with van der Waals surface area (Å²) >= 11 is 0. The fraction of sp³-hybridized carbons (Fsp3) is 0.533. The topological polar surface area (TPSA) is 106 Å². The van der Waals surface area contributed by atoms with Gasteiger partial charge >= 0.3 is 6.03 Å². The number of amides is 3. The van der Waals surface area contributed by atoms with E-state index < -0.39 is 12.1 Å². The van der Waals surface area contributed by atoms with Gasteiger partial charge in [-0.3, -0.25) is 4.79 Å². The van der Waals surface area contributed by atoms with E-state index in [9.17, 15) is 9.59 Å². The van der Waals surface area contributed by atoms with Crippen molar-refractivity contribution in [3.63, 3.8) is 0 Å². The van der Waals surface area contributed by atoms with Gasteiger partial charge in [0.05, 0.1) is 0 Å². The van der Waals surface area contributed by atoms with Crippen LogP contribution in [0.2, 0.25) is 0 Å². The summed E-state index contributed by atoms with van der Waals surface area (Å²) in [5.74, 6) is 0.288. The molecule has 4 N–H and O–H groups in total. The lowest BCUT2D eigenvalue weighted by atomic mass is 10.2. The molecule has 1 heterocycles. The van der Waals surface area contributed by atoms with Gasteiger partial charge in [-0.15, -0.1) is 0 Å². The predicted octanol–water partition coefficient (Wildman–Crippen LogP) is 1.08. The molecule has 1 aromatic heterocycles. The highest BCUT2D eigenvalue weighted by Gasteiger charge is 2.17. The van der Waals surface area contributed by atoms with Crippen molar-refractivity contribution < 1.29 is 14.3 Å². The second-order valence-corrected chi connectivity index (χ2v) is 5.47. The molecule has 1 aromatic rings. The Bertz CT molecular complexity index is 529. The summed E-state index contributed by atoms with van der Waals surface area (Å²) in [5.41, 5.74) is 5.87. The fourth-order valence-corrected chi connectivity index (χ4v) is 2.42. The maximum absolute atomic E-state index is 11.8. The summed E-state index contributed by atoms with van der Waals surface area (Å²) in [5, 5.41) is 5.06. The molecule has 0 aromatic carbocycles. The molecule has 1 aliphatic rings. The van der Waals surface area contributed by atoms with Crippen molar-refractivity contribution in [1.82, 2.24) is 15.6 Å². The number of nitrogens with zero attached hydrogens (tertiary/aromatic N) is 1. The molecule has 7 heteroatoms. The summed E-state index contributed by atoms with van der Waals surface area (Å²) < 4.78 is 5.83. The molecule has 0 aliphatic heterocycles. The van der Waals surface area contributed by atoms with E-state index in [1.165, 1.54) is 12.8 Å². The Balaban J connectivity index is 1.84. The van der Waals surface area contributed by atoms with Gasteiger partial charge in [-0.05, 0) is 44.2 Å². The highest BCUT2D eigenvalue weighted by Crippen LogP contribution is 2.23. The number of rotatable bonds is 6. The van der Waals surface area contributed by atoms with Crippen LogP contribution >= 0.6 is 0 Å². The molecule has 120 valence electrons. The number of urea groups is 1. The Kier molecular flexibility index (Phi) is 5.57. The zero-order valence-corrected chi connectivity index (χ0v) is 12.7. The molecule has 1 saturated carbocycles. The standard InChI is InChI=1S/C15H22N4O3/c1-10(19-15(16)21)14(20)18-9-11-6-7-17-13(8-11)22-12-4-2-3-5-12/h6-8,10,12H,2-5,9H2,1H3,(H,18,20)(H3,16,19,21)/t10-/m1/s1. The van der Waals surface area contributed by atoms with Crippen LogP contribution in [0.25, 0.3) is 0 Å². The summed E-state index contributed by atoms with van der Waals surface area (Å²) in [6, 6.07) is 2.24. The van der Waals surface area contributed by atoms with Gasteiger partial charge in [-0.25, -0.2) is 9.78 Å². The molecule has 3 amide bonds. The van der Waals surface area contributed by atoms with Gasteiger partial charge in [-0.1, -0.05) is 0 Å². The molecule has 0 bridgehead atoms. The third-order valence-electron chi connectivity index (χ3n) is 3.61. The first-order chi connectivity index (χ1) is 10.5. The first-order valence-corrected chi connectivity index (χ1v) is 7.50. The number of pyridine rings is 1. The van der Waals surface area contributed by atoms with Crippen LogP contribution < -0.4 is 21.1 Å². The van der Waals surface area contributed by atoms with E-state index in [1.54, 1.807) is 13.1 Å². The third-order valence-corrected chi connectivity index (χ3v) is 3.61. The molecule has 0 radical (unpaired) electrons. The molecular weight excluding hydrogens is 284 g/mol. The number of ether oxygens (including phenoxy) is 1. The minimum absolute atomic E-state index is 0.247. The van der Waals surface area contributed by atoms with Crippen LogP contribution in [0.15, 0.2) is 18.3 Å². The Hall–Kier alpha value is -2.31. The van der Waals surface area contributed by atoms with Crippen molar-refractivity contribution >= 4 is 11.9 Å². The van der Waals surface area contributed by atoms with Crippen LogP contribution in [0.3, 0.4) is 0 Å². The zero-order chi connectivity index (χ0) is 15.9. The quantitative estimate of drug-likeness (QED) is 0.731. The first kappa shape index (κ1) is 16.1. The van der Waals surface area contributed by atoms with Gasteiger partial charge in [0, 0.05) is 18.8 Å². The number of carbonyl (C=O) groups excluding carboxylic acids is 2. The number of aromatic nitrogens is 1. The van der Waals surface area contributed by atoms with E-state index >= 15 is 0 Å². The van der Waals surface area contributed by atoms with Crippen molar-refractivity contribution in [2.24, 2.45) is 5.73 Å². The SMILES string of the molecule is C[C@@H](NC(N)=O)C(=O)NCc1ccnc(OC2CCCC2)c1. The first-order valence-electron chi connectivity index (χ1n) is 7.50. The van der Waals surface area contributed by atoms with E-state index in [4.69, 9.17) is 10.5 Å². The normalized spacial score (nSPS) is 16.0. The molecule has 1 aliphatic carbocycles. The Morgan fingerprint density at radius 3 is 2.86 bits per heavy atom. The van der Waals surface area contributed by atoms with Crippen LogP contribution in [0, 0.1) is 0 Å². The smallest absolute Gasteiger partial charge is 0.312 e. The lowest BCUT2D eigenvalue weighted by Crippen LogP contribution is -2.46. The van der Waals surface area contributed by atoms with Crippen LogP contribution in [0.1, 0.15) is 38.2 Å². The minimum Gasteiger partial charge on any atom is -0.474 e. The summed E-state index contributed by atoms with van der Waals surface area (Å²) in [6.07, 6.45) is 6.45. The maximum Gasteiger partial charge on any atom is 0.312 e. The number of nitrogens with two attached hydrogens (primary N) is 1. The Labute approximate surface area is 129 Å². The Morgan fingerprint density at radius 2 is 2.18 bits per heavy atom. The monoisotopic (exact) mass is 306 g/mol. The molecule has 2 rings (SSSR count). The van der Waals surface area contributed by atoms with E-state index in [2.05, 4.69) is 15.6 Å². The lowest BCUT2D eigenvalue weighted by Gasteiger charge is -2.14. The summed E-state index contributed by atoms with van der Waals surface area (Å²) in [4.78, 5) is 26.7. The molecule has 7 nitrogen and oxygen atoms in total. The maximum atomic E-state index is 11.8. The average Bonchev–Trinajstić information content (AvgIpc) is 2.97. The second kappa shape index (κ2) is 7.63. The highest BCUT2D eigenvalue weighted by atomic mass is 16.5. The van der Waals surface area contributed by atoms with Crippen LogP contribution in [0.4, 0.5) is 4.79 Å².